The number of β-amino-alcohol motifs (C(OH)–C–C–N with tert-alkyl or cyclic N) is 1. The number of carbonyl (C=O) groups is 1. The summed E-state index contributed by atoms with van der Waals surface area (Å²) in [5.74, 6) is -1.61. The minimum absolute atomic E-state index is 0.0246. The second-order valence-electron chi connectivity index (χ2n) is 10.5. The third-order valence-electron chi connectivity index (χ3n) is 8.16. The van der Waals surface area contributed by atoms with Gasteiger partial charge in [0.05, 0.1) is 23.0 Å². The molecule has 2 atom stereocenters. The van der Waals surface area contributed by atoms with Gasteiger partial charge in [-0.3, -0.25) is 9.69 Å². The van der Waals surface area contributed by atoms with Crippen LogP contribution >= 0.6 is 11.6 Å². The standard InChI is InChI=1S/C27H32ClF2N3O4S/c28-20-4-6-23(7-5-20)38(36,37)33-24(19-16-21(29)18-22(30)17-19)2-1-3-25(33)27(8-9-27)26(35)32-12-10-31(11-13-32)14-15-34/h4-7,16-18,24-25,34H,1-3,8-15H2/t24-,25+/m0/s1. The smallest absolute Gasteiger partial charge is 0.243 e. The van der Waals surface area contributed by atoms with Crippen molar-refractivity contribution in [2.75, 3.05) is 39.3 Å². The number of aliphatic hydroxyl groups excluding tert-OH is 1. The Bertz CT molecular complexity index is 1260. The molecule has 0 unspecified atom stereocenters. The Morgan fingerprint density at radius 1 is 1.00 bits per heavy atom. The molecule has 5 rings (SSSR count). The van der Waals surface area contributed by atoms with Gasteiger partial charge in [-0.25, -0.2) is 17.2 Å². The fraction of sp³-hybridized carbons (Fsp3) is 0.519. The number of amides is 1. The normalized spacial score (nSPS) is 24.4. The van der Waals surface area contributed by atoms with Crippen LogP contribution in [0.1, 0.15) is 43.7 Å². The van der Waals surface area contributed by atoms with Crippen molar-refractivity contribution in [3.8, 4) is 0 Å². The second kappa shape index (κ2) is 10.8. The van der Waals surface area contributed by atoms with E-state index in [-0.39, 0.29) is 23.0 Å². The van der Waals surface area contributed by atoms with Gasteiger partial charge in [0.1, 0.15) is 11.6 Å². The maximum absolute atomic E-state index is 14.3. The van der Waals surface area contributed by atoms with Crippen molar-refractivity contribution in [1.29, 1.82) is 0 Å². The van der Waals surface area contributed by atoms with E-state index < -0.39 is 39.2 Å². The third kappa shape index (κ3) is 5.21. The molecular weight excluding hydrogens is 536 g/mol. The van der Waals surface area contributed by atoms with E-state index in [0.717, 1.165) is 6.07 Å². The van der Waals surface area contributed by atoms with Gasteiger partial charge in [-0.1, -0.05) is 11.6 Å². The van der Waals surface area contributed by atoms with Crippen LogP contribution in [0.3, 0.4) is 0 Å². The van der Waals surface area contributed by atoms with Crippen molar-refractivity contribution in [1.82, 2.24) is 14.1 Å². The monoisotopic (exact) mass is 567 g/mol. The SMILES string of the molecule is O=C(N1CCN(CCO)CC1)C1([C@H]2CCC[C@@H](c3cc(F)cc(F)c3)N2S(=O)(=O)c2ccc(Cl)cc2)CC1. The molecule has 2 aromatic carbocycles. The zero-order valence-corrected chi connectivity index (χ0v) is 22.6. The van der Waals surface area contributed by atoms with Crippen LogP contribution in [0, 0.1) is 17.0 Å². The summed E-state index contributed by atoms with van der Waals surface area (Å²) in [4.78, 5) is 17.9. The van der Waals surface area contributed by atoms with Crippen LogP contribution in [0.5, 0.6) is 0 Å². The molecule has 2 aromatic rings. The highest BCUT2D eigenvalue weighted by Gasteiger charge is 2.62. The van der Waals surface area contributed by atoms with Crippen molar-refractivity contribution in [3.63, 3.8) is 0 Å². The minimum Gasteiger partial charge on any atom is -0.395 e. The Balaban J connectivity index is 1.52. The highest BCUT2D eigenvalue weighted by Crippen LogP contribution is 2.57. The fourth-order valence-corrected chi connectivity index (χ4v) is 8.15. The van der Waals surface area contributed by atoms with E-state index in [9.17, 15) is 27.1 Å². The number of hydrogen-bond donors (Lipinski definition) is 1. The third-order valence-corrected chi connectivity index (χ3v) is 10.3. The molecule has 1 amide bonds. The van der Waals surface area contributed by atoms with Gasteiger partial charge in [0.15, 0.2) is 0 Å². The molecule has 206 valence electrons. The van der Waals surface area contributed by atoms with Gasteiger partial charge < -0.3 is 10.0 Å². The van der Waals surface area contributed by atoms with Crippen LogP contribution in [-0.2, 0) is 14.8 Å². The largest absolute Gasteiger partial charge is 0.395 e. The summed E-state index contributed by atoms with van der Waals surface area (Å²) in [5.41, 5.74) is -0.631. The van der Waals surface area contributed by atoms with Gasteiger partial charge in [-0.05, 0) is 74.1 Å². The van der Waals surface area contributed by atoms with Gasteiger partial charge >= 0.3 is 0 Å². The van der Waals surface area contributed by atoms with Crippen molar-refractivity contribution in [3.05, 3.63) is 64.7 Å². The van der Waals surface area contributed by atoms with Gasteiger partial charge in [0.2, 0.25) is 15.9 Å². The molecule has 2 heterocycles. The van der Waals surface area contributed by atoms with E-state index in [1.165, 1.54) is 40.7 Å². The number of hydrogen-bond acceptors (Lipinski definition) is 5. The molecule has 7 nitrogen and oxygen atoms in total. The van der Waals surface area contributed by atoms with Gasteiger partial charge in [-0.15, -0.1) is 0 Å². The van der Waals surface area contributed by atoms with E-state index in [0.29, 0.717) is 69.9 Å². The highest BCUT2D eigenvalue weighted by molar-refractivity contribution is 7.89. The number of piperidine rings is 1. The maximum Gasteiger partial charge on any atom is 0.243 e. The number of rotatable bonds is 7. The Morgan fingerprint density at radius 2 is 1.63 bits per heavy atom. The van der Waals surface area contributed by atoms with Crippen LogP contribution in [-0.4, -0.2) is 78.9 Å². The summed E-state index contributed by atoms with van der Waals surface area (Å²) in [5, 5.41) is 9.62. The van der Waals surface area contributed by atoms with E-state index in [1.54, 1.807) is 4.90 Å². The summed E-state index contributed by atoms with van der Waals surface area (Å²) in [6.07, 6.45) is 2.61. The van der Waals surface area contributed by atoms with Crippen LogP contribution in [0.4, 0.5) is 8.78 Å². The summed E-state index contributed by atoms with van der Waals surface area (Å²) < 4.78 is 58.3. The lowest BCUT2D eigenvalue weighted by atomic mass is 9.84. The van der Waals surface area contributed by atoms with Crippen molar-refractivity contribution < 1.29 is 27.1 Å². The second-order valence-corrected chi connectivity index (χ2v) is 12.7. The summed E-state index contributed by atoms with van der Waals surface area (Å²) >= 11 is 6.02. The molecule has 0 bridgehead atoms. The first-order valence-corrected chi connectivity index (χ1v) is 14.9. The predicted molar refractivity (Wildman–Crippen MR) is 139 cm³/mol. The summed E-state index contributed by atoms with van der Waals surface area (Å²) in [6.45, 7) is 2.91. The Hall–Kier alpha value is -2.11. The summed E-state index contributed by atoms with van der Waals surface area (Å²) in [7, 11) is -4.15. The molecule has 11 heteroatoms. The molecule has 2 saturated heterocycles. The van der Waals surface area contributed by atoms with Crippen LogP contribution in [0.2, 0.25) is 5.02 Å². The zero-order chi connectivity index (χ0) is 27.1. The number of piperazine rings is 1. The molecule has 0 aromatic heterocycles. The Morgan fingerprint density at radius 3 is 2.21 bits per heavy atom. The lowest BCUT2D eigenvalue weighted by Gasteiger charge is -2.46. The molecule has 3 aliphatic rings. The highest BCUT2D eigenvalue weighted by atomic mass is 35.5. The average Bonchev–Trinajstić information content (AvgIpc) is 3.70. The molecule has 1 N–H and O–H groups in total. The number of benzene rings is 2. The number of halogens is 3. The maximum atomic E-state index is 14.3. The zero-order valence-electron chi connectivity index (χ0n) is 21.0. The van der Waals surface area contributed by atoms with Crippen molar-refractivity contribution >= 4 is 27.5 Å². The number of nitrogens with zero attached hydrogens (tertiary/aromatic N) is 3. The number of aliphatic hydroxyl groups is 1. The molecule has 0 radical (unpaired) electrons. The first-order valence-electron chi connectivity index (χ1n) is 13.0. The quantitative estimate of drug-likeness (QED) is 0.550. The molecular formula is C27H32ClF2N3O4S. The van der Waals surface area contributed by atoms with Crippen molar-refractivity contribution in [2.24, 2.45) is 5.41 Å². The number of sulfonamides is 1. The molecule has 1 aliphatic carbocycles. The van der Waals surface area contributed by atoms with E-state index in [2.05, 4.69) is 4.90 Å². The first-order chi connectivity index (χ1) is 18.2. The van der Waals surface area contributed by atoms with E-state index in [1.807, 2.05) is 0 Å². The molecule has 2 aliphatic heterocycles. The molecule has 38 heavy (non-hydrogen) atoms. The fourth-order valence-electron chi connectivity index (χ4n) is 6.10. The molecule has 1 saturated carbocycles. The topological polar surface area (TPSA) is 81.2 Å². The van der Waals surface area contributed by atoms with E-state index >= 15 is 0 Å². The van der Waals surface area contributed by atoms with Crippen molar-refractivity contribution in [2.45, 2.75) is 49.1 Å². The molecule has 0 spiro atoms. The van der Waals surface area contributed by atoms with Crippen LogP contribution in [0.25, 0.3) is 0 Å². The van der Waals surface area contributed by atoms with Crippen LogP contribution in [0.15, 0.2) is 47.4 Å². The lowest BCUT2D eigenvalue weighted by Crippen LogP contribution is -2.57. The lowest BCUT2D eigenvalue weighted by molar-refractivity contribution is -0.141. The van der Waals surface area contributed by atoms with E-state index in [4.69, 9.17) is 11.6 Å². The van der Waals surface area contributed by atoms with Gasteiger partial charge in [0.25, 0.3) is 0 Å². The van der Waals surface area contributed by atoms with Crippen LogP contribution < -0.4 is 0 Å². The predicted octanol–water partition coefficient (Wildman–Crippen LogP) is 3.82. The Labute approximate surface area is 227 Å². The summed E-state index contributed by atoms with van der Waals surface area (Å²) in [6, 6.07) is 7.52. The minimum atomic E-state index is -4.15. The number of carbonyl (C=O) groups excluding carboxylic acids is 1. The van der Waals surface area contributed by atoms with Gasteiger partial charge in [0, 0.05) is 49.9 Å². The first kappa shape index (κ1) is 27.5. The molecule has 3 fully saturated rings. The Kier molecular flexibility index (Phi) is 7.81. The average molecular weight is 568 g/mol. The van der Waals surface area contributed by atoms with Gasteiger partial charge in [-0.2, -0.15) is 4.31 Å².